The number of carboxylic acid groups (broad SMARTS) is 3. The number of carbonyl (C=O) groups is 3. The normalized spacial score (nSPS) is 9.30. The Kier molecular flexibility index (Phi) is 13.0. The Morgan fingerprint density at radius 1 is 1.00 bits per heavy atom. The van der Waals surface area contributed by atoms with E-state index in [4.69, 9.17) is 24.7 Å². The van der Waals surface area contributed by atoms with E-state index in [-0.39, 0.29) is 37.7 Å². The topological polar surface area (TPSA) is 192 Å². The molecule has 0 amide bonds. The Balaban J connectivity index is -0.000000502. The summed E-state index contributed by atoms with van der Waals surface area (Å²) in [6.45, 7) is -0.889. The van der Waals surface area contributed by atoms with Crippen LogP contribution in [-0.2, 0) is 14.9 Å². The quantitative estimate of drug-likeness (QED) is 0.351. The summed E-state index contributed by atoms with van der Waals surface area (Å²) in [5.41, 5.74) is -1.22. The number of carboxylic acids is 3. The molecule has 1 aromatic carbocycles. The number of aliphatic carboxylic acids is 1. The largest absolute Gasteiger partial charge is 1.00 e. The van der Waals surface area contributed by atoms with Crippen molar-refractivity contribution in [1.82, 2.24) is 0 Å². The molecule has 116 valence electrons. The molecule has 0 aliphatic carbocycles. The van der Waals surface area contributed by atoms with Gasteiger partial charge < -0.3 is 30.0 Å². The van der Waals surface area contributed by atoms with Crippen LogP contribution in [0, 0.1) is 0 Å². The summed E-state index contributed by atoms with van der Waals surface area (Å²) in [5.74, 6) is -4.70. The molecule has 1 aromatic rings. The minimum atomic E-state index is -4.67. The SMILES string of the molecule is O=C([O-])CO.O=C([O-])c1cc(C(=O)O)cc(S(=O)(=O)O)c1.[Li+].[Li+]. The monoisotopic (exact) mass is 334 g/mol. The maximum atomic E-state index is 10.7. The number of hydrogen-bond acceptors (Lipinski definition) is 8. The number of aromatic carboxylic acids is 2. The van der Waals surface area contributed by atoms with Gasteiger partial charge in [-0.05, 0) is 23.8 Å². The average molecular weight is 334 g/mol. The molecular weight excluding hydrogens is 326 g/mol. The molecule has 0 aliphatic heterocycles. The minimum absolute atomic E-state index is 0. The van der Waals surface area contributed by atoms with Gasteiger partial charge >= 0.3 is 43.7 Å². The van der Waals surface area contributed by atoms with Crippen LogP contribution in [0.5, 0.6) is 0 Å². The maximum absolute atomic E-state index is 10.7. The molecule has 23 heavy (non-hydrogen) atoms. The Bertz CT molecular complexity index is 638. The van der Waals surface area contributed by atoms with Crippen LogP contribution in [0.2, 0.25) is 0 Å². The molecule has 0 saturated carbocycles. The first-order chi connectivity index (χ1) is 9.48. The van der Waals surface area contributed by atoms with Gasteiger partial charge in [0.1, 0.15) is 0 Å². The summed E-state index contributed by atoms with van der Waals surface area (Å²) in [5, 5.41) is 35.6. The van der Waals surface area contributed by atoms with Crippen LogP contribution in [0.4, 0.5) is 0 Å². The first-order valence-electron chi connectivity index (χ1n) is 4.87. The van der Waals surface area contributed by atoms with E-state index in [9.17, 15) is 23.1 Å². The van der Waals surface area contributed by atoms with Crippen molar-refractivity contribution in [2.45, 2.75) is 4.90 Å². The van der Waals surface area contributed by atoms with Gasteiger partial charge in [0.15, 0.2) is 0 Å². The number of aliphatic hydroxyl groups is 1. The van der Waals surface area contributed by atoms with Crippen molar-refractivity contribution in [3.63, 3.8) is 0 Å². The molecule has 10 nitrogen and oxygen atoms in total. The number of aliphatic hydroxyl groups excluding tert-OH is 1. The maximum Gasteiger partial charge on any atom is 1.00 e. The van der Waals surface area contributed by atoms with Crippen molar-refractivity contribution in [3.8, 4) is 0 Å². The van der Waals surface area contributed by atoms with Crippen molar-refractivity contribution in [2.24, 2.45) is 0 Å². The Labute approximate surface area is 154 Å². The molecule has 0 aliphatic rings. The second kappa shape index (κ2) is 11.3. The molecule has 0 saturated heterocycles. The first-order valence-corrected chi connectivity index (χ1v) is 6.31. The van der Waals surface area contributed by atoms with Crippen LogP contribution in [0.3, 0.4) is 0 Å². The minimum Gasteiger partial charge on any atom is -0.548 e. The molecular formula is C10H8Li2O10S. The summed E-state index contributed by atoms with van der Waals surface area (Å²) < 4.78 is 30.1. The van der Waals surface area contributed by atoms with Crippen LogP contribution in [-0.4, -0.2) is 47.7 Å². The first kappa shape index (κ1) is 26.6. The van der Waals surface area contributed by atoms with Gasteiger partial charge in [-0.25, -0.2) is 4.79 Å². The van der Waals surface area contributed by atoms with E-state index < -0.39 is 50.7 Å². The molecule has 0 heterocycles. The van der Waals surface area contributed by atoms with Gasteiger partial charge in [-0.1, -0.05) is 0 Å². The third-order valence-corrected chi connectivity index (χ3v) is 2.65. The van der Waals surface area contributed by atoms with Crippen molar-refractivity contribution in [1.29, 1.82) is 0 Å². The van der Waals surface area contributed by atoms with E-state index in [1.807, 2.05) is 0 Å². The molecule has 0 unspecified atom stereocenters. The average Bonchev–Trinajstić information content (AvgIpc) is 2.37. The van der Waals surface area contributed by atoms with E-state index in [0.29, 0.717) is 12.1 Å². The predicted octanol–water partition coefficient (Wildman–Crippen LogP) is -9.27. The van der Waals surface area contributed by atoms with Crippen LogP contribution >= 0.6 is 0 Å². The molecule has 0 aromatic heterocycles. The Hall–Kier alpha value is -1.31. The summed E-state index contributed by atoms with van der Waals surface area (Å²) in [6, 6.07) is 1.98. The van der Waals surface area contributed by atoms with Crippen LogP contribution < -0.4 is 47.9 Å². The van der Waals surface area contributed by atoms with E-state index >= 15 is 0 Å². The molecule has 1 rings (SSSR count). The zero-order valence-corrected chi connectivity index (χ0v) is 12.9. The van der Waals surface area contributed by atoms with Gasteiger partial charge in [-0.15, -0.1) is 0 Å². The fraction of sp³-hybridized carbons (Fsp3) is 0.100. The Morgan fingerprint density at radius 3 is 1.65 bits per heavy atom. The summed E-state index contributed by atoms with van der Waals surface area (Å²) >= 11 is 0. The van der Waals surface area contributed by atoms with E-state index in [2.05, 4.69) is 0 Å². The second-order valence-electron chi connectivity index (χ2n) is 3.34. The van der Waals surface area contributed by atoms with Crippen LogP contribution in [0.1, 0.15) is 20.7 Å². The number of hydrogen-bond donors (Lipinski definition) is 3. The molecule has 0 fully saturated rings. The molecule has 13 heteroatoms. The fourth-order valence-electron chi connectivity index (χ4n) is 0.989. The molecule has 0 radical (unpaired) electrons. The van der Waals surface area contributed by atoms with E-state index in [1.54, 1.807) is 0 Å². The fourth-order valence-corrected chi connectivity index (χ4v) is 1.54. The van der Waals surface area contributed by atoms with Crippen LogP contribution in [0.25, 0.3) is 0 Å². The third-order valence-electron chi connectivity index (χ3n) is 1.82. The molecule has 0 spiro atoms. The number of benzene rings is 1. The van der Waals surface area contributed by atoms with Crippen LogP contribution in [0.15, 0.2) is 23.1 Å². The summed E-state index contributed by atoms with van der Waals surface area (Å²) in [7, 11) is -4.67. The second-order valence-corrected chi connectivity index (χ2v) is 4.77. The van der Waals surface area contributed by atoms with Gasteiger partial charge in [-0.3, -0.25) is 4.55 Å². The van der Waals surface area contributed by atoms with Crippen molar-refractivity contribution >= 4 is 28.0 Å². The third kappa shape index (κ3) is 10.1. The Morgan fingerprint density at radius 2 is 1.39 bits per heavy atom. The van der Waals surface area contributed by atoms with Gasteiger partial charge in [0.25, 0.3) is 10.1 Å². The van der Waals surface area contributed by atoms with Crippen molar-refractivity contribution in [3.05, 3.63) is 29.3 Å². The number of rotatable bonds is 4. The van der Waals surface area contributed by atoms with Gasteiger partial charge in [-0.2, -0.15) is 8.42 Å². The predicted molar refractivity (Wildman–Crippen MR) is 59.6 cm³/mol. The van der Waals surface area contributed by atoms with Gasteiger partial charge in [0.05, 0.1) is 29.0 Å². The molecule has 0 bridgehead atoms. The van der Waals surface area contributed by atoms with Crippen molar-refractivity contribution < 1.29 is 85.5 Å². The van der Waals surface area contributed by atoms with Gasteiger partial charge in [0, 0.05) is 0 Å². The number of carbonyl (C=O) groups excluding carboxylic acids is 2. The molecule has 3 N–H and O–H groups in total. The zero-order valence-electron chi connectivity index (χ0n) is 12.0. The van der Waals surface area contributed by atoms with E-state index in [1.165, 1.54) is 0 Å². The summed E-state index contributed by atoms with van der Waals surface area (Å²) in [4.78, 5) is 29.2. The smallest absolute Gasteiger partial charge is 0.548 e. The molecule has 0 atom stereocenters. The van der Waals surface area contributed by atoms with E-state index in [0.717, 1.165) is 6.07 Å². The zero-order chi connectivity index (χ0) is 16.8. The summed E-state index contributed by atoms with van der Waals surface area (Å²) in [6.07, 6.45) is 0. The standard InChI is InChI=1S/C8H6O7S.C2H4O3.2Li/c9-7(10)4-1-5(8(11)12)3-6(2-4)16(13,14)15;3-1-2(4)5;;/h1-3H,(H,9,10)(H,11,12)(H,13,14,15);3H,1H2,(H,4,5);;/q;;2*+1/p-2. The van der Waals surface area contributed by atoms with Crippen molar-refractivity contribution in [2.75, 3.05) is 6.61 Å². The van der Waals surface area contributed by atoms with Gasteiger partial charge in [0.2, 0.25) is 0 Å².